The Kier molecular flexibility index (Phi) is 2.60. The highest BCUT2D eigenvalue weighted by molar-refractivity contribution is 6.29. The number of fused-ring (bicyclic) bond motifs is 1. The number of aldehydes is 1. The van der Waals surface area contributed by atoms with Crippen LogP contribution in [0.25, 0.3) is 0 Å². The number of hydrogen-bond acceptors (Lipinski definition) is 3. The van der Waals surface area contributed by atoms with Gasteiger partial charge < -0.3 is 0 Å². The first-order chi connectivity index (χ1) is 9.22. The fraction of sp³-hybridized carbons (Fsp3) is 0.0625. The Morgan fingerprint density at radius 2 is 1.32 bits per heavy atom. The molecule has 3 rings (SSSR count). The van der Waals surface area contributed by atoms with Gasteiger partial charge in [-0.1, -0.05) is 48.5 Å². The summed E-state index contributed by atoms with van der Waals surface area (Å²) in [7, 11) is 0. The summed E-state index contributed by atoms with van der Waals surface area (Å²) >= 11 is 0. The molecule has 0 saturated carbocycles. The summed E-state index contributed by atoms with van der Waals surface area (Å²) in [6.45, 7) is 0. The molecule has 0 atom stereocenters. The smallest absolute Gasteiger partial charge is 0.178 e. The maximum Gasteiger partial charge on any atom is 0.178 e. The van der Waals surface area contributed by atoms with Crippen LogP contribution in [-0.2, 0) is 0 Å². The van der Waals surface area contributed by atoms with Crippen molar-refractivity contribution >= 4 is 17.9 Å². The maximum atomic E-state index is 12.3. The molecule has 0 unspecified atom stereocenters. The minimum atomic E-state index is -0.766. The lowest BCUT2D eigenvalue weighted by Gasteiger charge is -2.07. The second kappa shape index (κ2) is 4.28. The maximum absolute atomic E-state index is 12.3. The largest absolute Gasteiger partial charge is 0.298 e. The number of benzene rings is 2. The molecule has 0 radical (unpaired) electrons. The topological polar surface area (TPSA) is 51.2 Å². The van der Waals surface area contributed by atoms with Gasteiger partial charge in [-0.3, -0.25) is 14.4 Å². The number of Topliss-reactive ketones (excluding diaryl/α,β-unsaturated/α-hetero) is 2. The molecule has 19 heavy (non-hydrogen) atoms. The van der Waals surface area contributed by atoms with E-state index in [1.54, 1.807) is 48.5 Å². The van der Waals surface area contributed by atoms with Crippen LogP contribution in [0, 0.1) is 0 Å². The number of carbonyl (C=O) groups excluding carboxylic acids is 3. The van der Waals surface area contributed by atoms with Crippen molar-refractivity contribution in [1.29, 1.82) is 0 Å². The summed E-state index contributed by atoms with van der Waals surface area (Å²) < 4.78 is 0. The van der Waals surface area contributed by atoms with Crippen molar-refractivity contribution in [1.82, 2.24) is 0 Å². The second-order valence-corrected chi connectivity index (χ2v) is 4.49. The zero-order valence-electron chi connectivity index (χ0n) is 10.00. The first-order valence-electron chi connectivity index (χ1n) is 5.95. The van der Waals surface area contributed by atoms with Crippen molar-refractivity contribution in [2.75, 3.05) is 0 Å². The van der Waals surface area contributed by atoms with Crippen molar-refractivity contribution in [2.24, 2.45) is 0 Å². The Hall–Kier alpha value is -2.55. The lowest BCUT2D eigenvalue weighted by Crippen LogP contribution is -2.12. The van der Waals surface area contributed by atoms with Gasteiger partial charge in [0.2, 0.25) is 0 Å². The summed E-state index contributed by atoms with van der Waals surface area (Å²) in [5.41, 5.74) is 2.13. The molecule has 1 aliphatic carbocycles. The van der Waals surface area contributed by atoms with Crippen molar-refractivity contribution < 1.29 is 14.4 Å². The van der Waals surface area contributed by atoms with E-state index in [2.05, 4.69) is 0 Å². The van der Waals surface area contributed by atoms with Gasteiger partial charge in [0, 0.05) is 16.7 Å². The van der Waals surface area contributed by atoms with Gasteiger partial charge in [-0.05, 0) is 5.56 Å². The van der Waals surface area contributed by atoms with Crippen molar-refractivity contribution in [3.8, 4) is 0 Å². The number of carbonyl (C=O) groups is 3. The molecule has 1 aliphatic rings. The van der Waals surface area contributed by atoms with E-state index in [0.717, 1.165) is 6.29 Å². The summed E-state index contributed by atoms with van der Waals surface area (Å²) in [6, 6.07) is 13.4. The molecule has 2 aromatic carbocycles. The summed E-state index contributed by atoms with van der Waals surface area (Å²) in [5.74, 6) is -1.10. The highest BCUT2D eigenvalue weighted by atomic mass is 16.2. The van der Waals surface area contributed by atoms with Crippen molar-refractivity contribution in [3.05, 3.63) is 70.8 Å². The van der Waals surface area contributed by atoms with Gasteiger partial charge >= 0.3 is 0 Å². The molecule has 3 heteroatoms. The molecule has 0 bridgehead atoms. The standard InChI is InChI=1S/C16H10O3/c17-9-10-5-7-11(8-6-10)14-15(18)12-3-1-2-4-13(12)16(14)19/h1-9,14H. The van der Waals surface area contributed by atoms with E-state index in [-0.39, 0.29) is 11.6 Å². The van der Waals surface area contributed by atoms with Crippen LogP contribution in [0.5, 0.6) is 0 Å². The predicted molar refractivity (Wildman–Crippen MR) is 69.7 cm³/mol. The minimum absolute atomic E-state index is 0.167. The molecular weight excluding hydrogens is 240 g/mol. The van der Waals surface area contributed by atoms with Gasteiger partial charge in [-0.2, -0.15) is 0 Å². The third kappa shape index (κ3) is 1.71. The summed E-state index contributed by atoms with van der Waals surface area (Å²) in [4.78, 5) is 35.2. The average molecular weight is 250 g/mol. The quantitative estimate of drug-likeness (QED) is 0.608. The molecule has 2 aromatic rings. The molecule has 3 nitrogen and oxygen atoms in total. The Morgan fingerprint density at radius 1 is 0.789 bits per heavy atom. The van der Waals surface area contributed by atoms with E-state index in [0.29, 0.717) is 22.3 Å². The average Bonchev–Trinajstić information content (AvgIpc) is 2.72. The fourth-order valence-electron chi connectivity index (χ4n) is 2.41. The molecule has 0 amide bonds. The molecule has 0 heterocycles. The van der Waals surface area contributed by atoms with Crippen LogP contribution in [0.3, 0.4) is 0 Å². The molecule has 0 saturated heterocycles. The first kappa shape index (κ1) is 11.5. The zero-order valence-corrected chi connectivity index (χ0v) is 10.00. The Balaban J connectivity index is 2.06. The number of rotatable bonds is 2. The van der Waals surface area contributed by atoms with Crippen LogP contribution in [0.4, 0.5) is 0 Å². The molecule has 92 valence electrons. The third-order valence-electron chi connectivity index (χ3n) is 3.39. The van der Waals surface area contributed by atoms with E-state index in [9.17, 15) is 14.4 Å². The Bertz CT molecular complexity index is 648. The van der Waals surface area contributed by atoms with Gasteiger partial charge in [0.1, 0.15) is 12.2 Å². The molecule has 0 aliphatic heterocycles. The normalized spacial score (nSPS) is 14.5. The predicted octanol–water partition coefficient (Wildman–Crippen LogP) is 2.66. The van der Waals surface area contributed by atoms with Gasteiger partial charge in [0.25, 0.3) is 0 Å². The third-order valence-corrected chi connectivity index (χ3v) is 3.39. The van der Waals surface area contributed by atoms with Gasteiger partial charge in [-0.15, -0.1) is 0 Å². The van der Waals surface area contributed by atoms with E-state index < -0.39 is 5.92 Å². The molecule has 0 fully saturated rings. The molecule has 0 N–H and O–H groups in total. The molecule has 0 aromatic heterocycles. The Morgan fingerprint density at radius 3 is 1.79 bits per heavy atom. The van der Waals surface area contributed by atoms with Crippen LogP contribution < -0.4 is 0 Å². The first-order valence-corrected chi connectivity index (χ1v) is 5.95. The minimum Gasteiger partial charge on any atom is -0.298 e. The number of hydrogen-bond donors (Lipinski definition) is 0. The second-order valence-electron chi connectivity index (χ2n) is 4.49. The van der Waals surface area contributed by atoms with Gasteiger partial charge in [0.15, 0.2) is 11.6 Å². The summed E-state index contributed by atoms with van der Waals surface area (Å²) in [6.07, 6.45) is 0.733. The highest BCUT2D eigenvalue weighted by Gasteiger charge is 2.38. The molecule has 0 spiro atoms. The van der Waals surface area contributed by atoms with Gasteiger partial charge in [0.05, 0.1) is 0 Å². The van der Waals surface area contributed by atoms with E-state index >= 15 is 0 Å². The van der Waals surface area contributed by atoms with Crippen LogP contribution in [0.15, 0.2) is 48.5 Å². The van der Waals surface area contributed by atoms with E-state index in [4.69, 9.17) is 0 Å². The molecular formula is C16H10O3. The Labute approximate surface area is 109 Å². The van der Waals surface area contributed by atoms with E-state index in [1.807, 2.05) is 0 Å². The van der Waals surface area contributed by atoms with Crippen molar-refractivity contribution in [3.63, 3.8) is 0 Å². The lowest BCUT2D eigenvalue weighted by atomic mass is 9.94. The van der Waals surface area contributed by atoms with Crippen LogP contribution in [-0.4, -0.2) is 17.9 Å². The fourth-order valence-corrected chi connectivity index (χ4v) is 2.41. The SMILES string of the molecule is O=Cc1ccc(C2C(=O)c3ccccc3C2=O)cc1. The highest BCUT2D eigenvalue weighted by Crippen LogP contribution is 2.33. The number of ketones is 2. The zero-order chi connectivity index (χ0) is 13.4. The van der Waals surface area contributed by atoms with Crippen LogP contribution in [0.2, 0.25) is 0 Å². The van der Waals surface area contributed by atoms with Crippen molar-refractivity contribution in [2.45, 2.75) is 5.92 Å². The lowest BCUT2D eigenvalue weighted by molar-refractivity contribution is 0.0890. The summed E-state index contributed by atoms with van der Waals surface area (Å²) in [5, 5.41) is 0. The van der Waals surface area contributed by atoms with E-state index in [1.165, 1.54) is 0 Å². The van der Waals surface area contributed by atoms with Crippen LogP contribution >= 0.6 is 0 Å². The monoisotopic (exact) mass is 250 g/mol. The van der Waals surface area contributed by atoms with Crippen LogP contribution in [0.1, 0.15) is 42.6 Å². The van der Waals surface area contributed by atoms with Gasteiger partial charge in [-0.25, -0.2) is 0 Å².